The summed E-state index contributed by atoms with van der Waals surface area (Å²) < 4.78 is 14.2. The van der Waals surface area contributed by atoms with Crippen molar-refractivity contribution in [3.05, 3.63) is 53.2 Å². The summed E-state index contributed by atoms with van der Waals surface area (Å²) in [4.78, 5) is 25.7. The molecule has 2 aliphatic rings. The van der Waals surface area contributed by atoms with Crippen molar-refractivity contribution in [1.29, 1.82) is 0 Å². The van der Waals surface area contributed by atoms with Gasteiger partial charge in [-0.2, -0.15) is 0 Å². The number of amides is 1. The van der Waals surface area contributed by atoms with Crippen LogP contribution in [0.1, 0.15) is 31.2 Å². The Balaban J connectivity index is 1.50. The molecule has 2 heterocycles. The number of carbonyl (C=O) groups excluding carboxylic acids is 1. The molecule has 1 atom stereocenters. The monoisotopic (exact) mass is 388 g/mol. The van der Waals surface area contributed by atoms with E-state index >= 15 is 0 Å². The number of halogens is 2. The summed E-state index contributed by atoms with van der Waals surface area (Å²) in [7, 11) is 0. The molecular weight excluding hydrogens is 367 g/mol. The van der Waals surface area contributed by atoms with E-state index in [0.717, 1.165) is 38.0 Å². The van der Waals surface area contributed by atoms with Gasteiger partial charge in [-0.05, 0) is 37.8 Å². The highest BCUT2D eigenvalue weighted by Crippen LogP contribution is 2.33. The van der Waals surface area contributed by atoms with E-state index < -0.39 is 0 Å². The first-order valence-electron chi connectivity index (χ1n) is 9.38. The van der Waals surface area contributed by atoms with Gasteiger partial charge in [0.1, 0.15) is 11.6 Å². The summed E-state index contributed by atoms with van der Waals surface area (Å²) in [5.74, 6) is 0.410. The van der Waals surface area contributed by atoms with E-state index in [1.165, 1.54) is 6.07 Å². The highest BCUT2D eigenvalue weighted by molar-refractivity contribution is 6.31. The largest absolute Gasteiger partial charge is 0.355 e. The number of hydrogen-bond donors (Lipinski definition) is 0. The van der Waals surface area contributed by atoms with Crippen LogP contribution in [0.2, 0.25) is 5.02 Å². The van der Waals surface area contributed by atoms with Crippen molar-refractivity contribution in [2.45, 2.75) is 38.3 Å². The maximum Gasteiger partial charge on any atom is 0.228 e. The Morgan fingerprint density at radius 3 is 2.85 bits per heavy atom. The number of nitrogens with zero attached hydrogens (tertiary/aromatic N) is 4. The Kier molecular flexibility index (Phi) is 5.25. The zero-order valence-electron chi connectivity index (χ0n) is 15.0. The van der Waals surface area contributed by atoms with Crippen molar-refractivity contribution < 1.29 is 9.18 Å². The maximum atomic E-state index is 14.2. The van der Waals surface area contributed by atoms with Crippen molar-refractivity contribution in [1.82, 2.24) is 14.9 Å². The summed E-state index contributed by atoms with van der Waals surface area (Å²) >= 11 is 6.19. The average Bonchev–Trinajstić information content (AvgIpc) is 3.53. The molecule has 5 nitrogen and oxygen atoms in total. The third-order valence-electron chi connectivity index (χ3n) is 5.31. The minimum absolute atomic E-state index is 0.0883. The van der Waals surface area contributed by atoms with Gasteiger partial charge >= 0.3 is 0 Å². The van der Waals surface area contributed by atoms with Crippen LogP contribution in [-0.2, 0) is 11.3 Å². The topological polar surface area (TPSA) is 49.3 Å². The molecule has 142 valence electrons. The Morgan fingerprint density at radius 1 is 1.30 bits per heavy atom. The standard InChI is InChI=1S/C20H22ClFN4O/c21-17-4-1-5-18(22)16(17)13-26(15-6-7-15)20(27)14-3-2-10-25(12-14)19-11-23-8-9-24-19/h1,4-5,8-9,11,14-15H,2-3,6-7,10,12-13H2. The fraction of sp³-hybridized carbons (Fsp3) is 0.450. The molecule has 27 heavy (non-hydrogen) atoms. The average molecular weight is 389 g/mol. The fourth-order valence-corrected chi connectivity index (χ4v) is 3.93. The van der Waals surface area contributed by atoms with Gasteiger partial charge < -0.3 is 9.80 Å². The molecule has 1 aliphatic carbocycles. The van der Waals surface area contributed by atoms with Crippen LogP contribution in [0.25, 0.3) is 0 Å². The van der Waals surface area contributed by atoms with Crippen molar-refractivity contribution in [3.8, 4) is 0 Å². The molecule has 1 saturated heterocycles. The minimum atomic E-state index is -0.356. The summed E-state index contributed by atoms with van der Waals surface area (Å²) in [5.41, 5.74) is 0.404. The van der Waals surface area contributed by atoms with Gasteiger partial charge in [0.25, 0.3) is 0 Å². The predicted octanol–water partition coefficient (Wildman–Crippen LogP) is 3.68. The van der Waals surface area contributed by atoms with E-state index in [1.54, 1.807) is 30.7 Å². The summed E-state index contributed by atoms with van der Waals surface area (Å²) in [6.45, 7) is 1.72. The van der Waals surface area contributed by atoms with Gasteiger partial charge in [-0.25, -0.2) is 9.37 Å². The maximum absolute atomic E-state index is 14.2. The third-order valence-corrected chi connectivity index (χ3v) is 5.66. The summed E-state index contributed by atoms with van der Waals surface area (Å²) in [6, 6.07) is 4.85. The highest BCUT2D eigenvalue weighted by Gasteiger charge is 2.38. The molecule has 7 heteroatoms. The van der Waals surface area contributed by atoms with Crippen LogP contribution in [0.3, 0.4) is 0 Å². The van der Waals surface area contributed by atoms with Crippen LogP contribution >= 0.6 is 11.6 Å². The second-order valence-electron chi connectivity index (χ2n) is 7.25. The van der Waals surface area contributed by atoms with Gasteiger partial charge in [0.05, 0.1) is 18.7 Å². The zero-order chi connectivity index (χ0) is 18.8. The molecular formula is C20H22ClFN4O. The number of anilines is 1. The lowest BCUT2D eigenvalue weighted by atomic mass is 9.96. The Morgan fingerprint density at radius 2 is 2.15 bits per heavy atom. The third kappa shape index (κ3) is 4.05. The molecule has 1 saturated carbocycles. The minimum Gasteiger partial charge on any atom is -0.355 e. The van der Waals surface area contributed by atoms with Gasteiger partial charge in [0.2, 0.25) is 5.91 Å². The Labute approximate surface area is 163 Å². The fourth-order valence-electron chi connectivity index (χ4n) is 3.70. The van der Waals surface area contributed by atoms with Crippen LogP contribution in [-0.4, -0.2) is 39.9 Å². The molecule has 1 unspecified atom stereocenters. The van der Waals surface area contributed by atoms with Crippen LogP contribution < -0.4 is 4.90 Å². The van der Waals surface area contributed by atoms with Gasteiger partial charge in [-0.1, -0.05) is 17.7 Å². The first-order chi connectivity index (χ1) is 13.1. The van der Waals surface area contributed by atoms with E-state index in [0.29, 0.717) is 17.1 Å². The van der Waals surface area contributed by atoms with Crippen LogP contribution in [0.4, 0.5) is 10.2 Å². The van der Waals surface area contributed by atoms with Crippen molar-refractivity contribution in [2.24, 2.45) is 5.92 Å². The van der Waals surface area contributed by atoms with Gasteiger partial charge in [0.15, 0.2) is 0 Å². The molecule has 4 rings (SSSR count). The second kappa shape index (κ2) is 7.80. The molecule has 0 bridgehead atoms. The van der Waals surface area contributed by atoms with Gasteiger partial charge in [-0.15, -0.1) is 0 Å². The molecule has 1 aromatic heterocycles. The van der Waals surface area contributed by atoms with Crippen molar-refractivity contribution in [2.75, 3.05) is 18.0 Å². The van der Waals surface area contributed by atoms with Crippen LogP contribution in [0.15, 0.2) is 36.8 Å². The predicted molar refractivity (Wildman–Crippen MR) is 102 cm³/mol. The number of hydrogen-bond acceptors (Lipinski definition) is 4. The van der Waals surface area contributed by atoms with Crippen LogP contribution in [0, 0.1) is 11.7 Å². The zero-order valence-corrected chi connectivity index (χ0v) is 15.8. The quantitative estimate of drug-likeness (QED) is 0.784. The van der Waals surface area contributed by atoms with E-state index in [2.05, 4.69) is 14.9 Å². The Hall–Kier alpha value is -2.21. The number of carbonyl (C=O) groups is 1. The SMILES string of the molecule is O=C(C1CCCN(c2cnccn2)C1)N(Cc1c(F)cccc1Cl)C1CC1. The molecule has 1 aromatic carbocycles. The lowest BCUT2D eigenvalue weighted by molar-refractivity contribution is -0.137. The summed E-state index contributed by atoms with van der Waals surface area (Å²) in [5, 5.41) is 0.373. The lowest BCUT2D eigenvalue weighted by Crippen LogP contribution is -2.45. The molecule has 0 radical (unpaired) electrons. The normalized spacial score (nSPS) is 19.8. The van der Waals surface area contributed by atoms with E-state index in [-0.39, 0.29) is 30.2 Å². The molecule has 0 spiro atoms. The molecule has 1 aliphatic heterocycles. The highest BCUT2D eigenvalue weighted by atomic mass is 35.5. The smallest absolute Gasteiger partial charge is 0.228 e. The summed E-state index contributed by atoms with van der Waals surface area (Å²) in [6.07, 6.45) is 8.73. The van der Waals surface area contributed by atoms with Gasteiger partial charge in [-0.3, -0.25) is 9.78 Å². The number of piperidine rings is 1. The molecule has 2 fully saturated rings. The van der Waals surface area contributed by atoms with Crippen molar-refractivity contribution in [3.63, 3.8) is 0 Å². The van der Waals surface area contributed by atoms with Crippen LogP contribution in [0.5, 0.6) is 0 Å². The van der Waals surface area contributed by atoms with E-state index in [1.807, 2.05) is 4.90 Å². The second-order valence-corrected chi connectivity index (χ2v) is 7.65. The molecule has 1 amide bonds. The Bertz CT molecular complexity index is 795. The molecule has 2 aromatic rings. The number of benzene rings is 1. The van der Waals surface area contributed by atoms with Crippen molar-refractivity contribution >= 4 is 23.3 Å². The first kappa shape index (κ1) is 18.2. The molecule has 0 N–H and O–H groups in total. The first-order valence-corrected chi connectivity index (χ1v) is 9.75. The van der Waals surface area contributed by atoms with E-state index in [9.17, 15) is 9.18 Å². The lowest BCUT2D eigenvalue weighted by Gasteiger charge is -2.35. The number of rotatable bonds is 5. The number of aromatic nitrogens is 2. The van der Waals surface area contributed by atoms with E-state index in [4.69, 9.17) is 11.6 Å². The van der Waals surface area contributed by atoms with Gasteiger partial charge in [0, 0.05) is 42.1 Å².